The van der Waals surface area contributed by atoms with Crippen molar-refractivity contribution in [2.75, 3.05) is 39.4 Å². The Bertz CT molecular complexity index is 384. The zero-order chi connectivity index (χ0) is 18.7. The van der Waals surface area contributed by atoms with Crippen LogP contribution in [0.3, 0.4) is 0 Å². The van der Waals surface area contributed by atoms with Crippen molar-refractivity contribution in [2.45, 2.75) is 78.0 Å². The number of ether oxygens (including phenoxy) is 1. The lowest BCUT2D eigenvalue weighted by atomic mass is 9.93. The minimum atomic E-state index is -0.684. The number of rotatable bonds is 10. The number of nitrogens with one attached hydrogen (secondary N) is 2. The van der Waals surface area contributed by atoms with Crippen LogP contribution in [-0.4, -0.2) is 73.0 Å². The molecule has 1 heterocycles. The Morgan fingerprint density at radius 2 is 1.96 bits per heavy atom. The first-order valence-electron chi connectivity index (χ1n) is 10.0. The summed E-state index contributed by atoms with van der Waals surface area (Å²) < 4.78 is 5.52. The van der Waals surface area contributed by atoms with Crippen LogP contribution < -0.4 is 10.6 Å². The third-order valence-corrected chi connectivity index (χ3v) is 4.86. The molecular weight excluding hydrogens is 316 g/mol. The number of guanidine groups is 1. The molecule has 0 spiro atoms. The topological polar surface area (TPSA) is 69.1 Å². The fourth-order valence-corrected chi connectivity index (χ4v) is 3.54. The van der Waals surface area contributed by atoms with Crippen LogP contribution in [-0.2, 0) is 4.74 Å². The average Bonchev–Trinajstić information content (AvgIpc) is 2.58. The molecule has 0 radical (unpaired) electrons. The van der Waals surface area contributed by atoms with Gasteiger partial charge in [-0.1, -0.05) is 26.7 Å². The third-order valence-electron chi connectivity index (χ3n) is 4.86. The van der Waals surface area contributed by atoms with Crippen molar-refractivity contribution in [1.82, 2.24) is 15.5 Å². The summed E-state index contributed by atoms with van der Waals surface area (Å²) in [7, 11) is 0. The Balaban J connectivity index is 2.59. The Hall–Kier alpha value is -0.850. The molecule has 2 unspecified atom stereocenters. The molecule has 0 saturated carbocycles. The molecule has 148 valence electrons. The highest BCUT2D eigenvalue weighted by Crippen LogP contribution is 2.19. The average molecular weight is 357 g/mol. The van der Waals surface area contributed by atoms with Gasteiger partial charge in [-0.25, -0.2) is 0 Å². The molecule has 0 aromatic carbocycles. The quantitative estimate of drug-likeness (QED) is 0.412. The van der Waals surface area contributed by atoms with E-state index in [2.05, 4.69) is 55.1 Å². The van der Waals surface area contributed by atoms with Crippen molar-refractivity contribution in [3.63, 3.8) is 0 Å². The molecule has 0 aromatic rings. The molecule has 0 aromatic heterocycles. The standard InChI is InChI=1S/C19H40N4O2/c1-6-9-19(24,10-7-2)15-22-18(20-8-3)21-13-16(4)23-11-12-25-14-17(23)5/h16-17,24H,6-15H2,1-5H3,(H2,20,21,22). The molecule has 6 heteroatoms. The Kier molecular flexibility index (Phi) is 10.4. The van der Waals surface area contributed by atoms with E-state index in [0.29, 0.717) is 18.6 Å². The van der Waals surface area contributed by atoms with Crippen molar-refractivity contribution in [1.29, 1.82) is 0 Å². The predicted molar refractivity (Wildman–Crippen MR) is 105 cm³/mol. The fraction of sp³-hybridized carbons (Fsp3) is 0.947. The lowest BCUT2D eigenvalue weighted by Gasteiger charge is -2.38. The first-order valence-corrected chi connectivity index (χ1v) is 10.0. The number of hydrogen-bond acceptors (Lipinski definition) is 4. The first kappa shape index (κ1) is 22.2. The van der Waals surface area contributed by atoms with Crippen molar-refractivity contribution < 1.29 is 9.84 Å². The molecule has 2 atom stereocenters. The van der Waals surface area contributed by atoms with Gasteiger partial charge in [-0.15, -0.1) is 0 Å². The summed E-state index contributed by atoms with van der Waals surface area (Å²) in [4.78, 5) is 7.14. The highest BCUT2D eigenvalue weighted by Gasteiger charge is 2.25. The van der Waals surface area contributed by atoms with E-state index in [-0.39, 0.29) is 0 Å². The van der Waals surface area contributed by atoms with Crippen LogP contribution in [0.4, 0.5) is 0 Å². The third kappa shape index (κ3) is 7.92. The van der Waals surface area contributed by atoms with Gasteiger partial charge < -0.3 is 20.5 Å². The van der Waals surface area contributed by atoms with Crippen LogP contribution in [0.1, 0.15) is 60.3 Å². The first-order chi connectivity index (χ1) is 12.0. The van der Waals surface area contributed by atoms with E-state index < -0.39 is 5.60 Å². The van der Waals surface area contributed by atoms with E-state index in [4.69, 9.17) is 4.74 Å². The molecule has 25 heavy (non-hydrogen) atoms. The Morgan fingerprint density at radius 1 is 1.28 bits per heavy atom. The molecule has 1 saturated heterocycles. The van der Waals surface area contributed by atoms with E-state index in [1.165, 1.54) is 0 Å². The van der Waals surface area contributed by atoms with Gasteiger partial charge in [0.15, 0.2) is 5.96 Å². The van der Waals surface area contributed by atoms with Gasteiger partial charge in [0.25, 0.3) is 0 Å². The molecule has 0 bridgehead atoms. The van der Waals surface area contributed by atoms with Crippen LogP contribution in [0.5, 0.6) is 0 Å². The fourth-order valence-electron chi connectivity index (χ4n) is 3.54. The molecule has 1 aliphatic rings. The van der Waals surface area contributed by atoms with Gasteiger partial charge in [-0.2, -0.15) is 0 Å². The van der Waals surface area contributed by atoms with Gasteiger partial charge in [0.05, 0.1) is 25.4 Å². The van der Waals surface area contributed by atoms with Gasteiger partial charge in [0, 0.05) is 31.7 Å². The smallest absolute Gasteiger partial charge is 0.191 e. The minimum absolute atomic E-state index is 0.410. The Morgan fingerprint density at radius 3 is 2.52 bits per heavy atom. The molecule has 1 fully saturated rings. The SMILES string of the molecule is CCCC(O)(CCC)CN=C(NCC)NCC(C)N1CCOCC1C. The lowest BCUT2D eigenvalue weighted by molar-refractivity contribution is -0.0174. The van der Waals surface area contributed by atoms with Crippen LogP contribution in [0.2, 0.25) is 0 Å². The number of hydrogen-bond donors (Lipinski definition) is 3. The van der Waals surface area contributed by atoms with Gasteiger partial charge >= 0.3 is 0 Å². The molecule has 0 aliphatic carbocycles. The zero-order valence-electron chi connectivity index (χ0n) is 17.0. The largest absolute Gasteiger partial charge is 0.388 e. The van der Waals surface area contributed by atoms with E-state index >= 15 is 0 Å². The number of aliphatic imine (C=N–C) groups is 1. The summed E-state index contributed by atoms with van der Waals surface area (Å²) >= 11 is 0. The van der Waals surface area contributed by atoms with E-state index in [0.717, 1.165) is 64.5 Å². The molecular formula is C19H40N4O2. The van der Waals surface area contributed by atoms with Crippen molar-refractivity contribution in [3.8, 4) is 0 Å². The van der Waals surface area contributed by atoms with Gasteiger partial charge in [0.2, 0.25) is 0 Å². The van der Waals surface area contributed by atoms with E-state index in [1.54, 1.807) is 0 Å². The minimum Gasteiger partial charge on any atom is -0.388 e. The number of aliphatic hydroxyl groups is 1. The molecule has 3 N–H and O–H groups in total. The second-order valence-corrected chi connectivity index (χ2v) is 7.31. The van der Waals surface area contributed by atoms with E-state index in [9.17, 15) is 5.11 Å². The van der Waals surface area contributed by atoms with E-state index in [1.807, 2.05) is 0 Å². The second kappa shape index (κ2) is 11.7. The van der Waals surface area contributed by atoms with Crippen LogP contribution in [0.15, 0.2) is 4.99 Å². The summed E-state index contributed by atoms with van der Waals surface area (Å²) in [6, 6.07) is 0.859. The summed E-state index contributed by atoms with van der Waals surface area (Å²) in [6.07, 6.45) is 3.54. The normalized spacial score (nSPS) is 21.2. The monoisotopic (exact) mass is 356 g/mol. The van der Waals surface area contributed by atoms with Crippen molar-refractivity contribution in [2.24, 2.45) is 4.99 Å². The molecule has 0 amide bonds. The van der Waals surface area contributed by atoms with Gasteiger partial charge in [-0.3, -0.25) is 9.89 Å². The molecule has 6 nitrogen and oxygen atoms in total. The summed E-state index contributed by atoms with van der Waals surface area (Å²) in [5, 5.41) is 17.5. The summed E-state index contributed by atoms with van der Waals surface area (Å²) in [6.45, 7) is 15.4. The summed E-state index contributed by atoms with van der Waals surface area (Å²) in [5.74, 6) is 0.792. The van der Waals surface area contributed by atoms with Gasteiger partial charge in [-0.05, 0) is 33.6 Å². The van der Waals surface area contributed by atoms with Crippen LogP contribution in [0, 0.1) is 0 Å². The highest BCUT2D eigenvalue weighted by atomic mass is 16.5. The maximum atomic E-state index is 10.8. The number of nitrogens with zero attached hydrogens (tertiary/aromatic N) is 2. The zero-order valence-corrected chi connectivity index (χ0v) is 17.0. The van der Waals surface area contributed by atoms with Crippen LogP contribution in [0.25, 0.3) is 0 Å². The van der Waals surface area contributed by atoms with Crippen LogP contribution >= 0.6 is 0 Å². The maximum Gasteiger partial charge on any atom is 0.191 e. The summed E-state index contributed by atoms with van der Waals surface area (Å²) in [5.41, 5.74) is -0.684. The Labute approximate surface area is 154 Å². The maximum absolute atomic E-state index is 10.8. The molecule has 1 aliphatic heterocycles. The molecule has 1 rings (SSSR count). The second-order valence-electron chi connectivity index (χ2n) is 7.31. The highest BCUT2D eigenvalue weighted by molar-refractivity contribution is 5.79. The van der Waals surface area contributed by atoms with Crippen molar-refractivity contribution in [3.05, 3.63) is 0 Å². The van der Waals surface area contributed by atoms with Crippen molar-refractivity contribution >= 4 is 5.96 Å². The number of morpholine rings is 1. The predicted octanol–water partition coefficient (Wildman–Crippen LogP) is 1.98. The van der Waals surface area contributed by atoms with Gasteiger partial charge in [0.1, 0.15) is 0 Å². The lowest BCUT2D eigenvalue weighted by Crippen LogP contribution is -2.53.